The number of hydrogen-bond donors (Lipinski definition) is 0. The van der Waals surface area contributed by atoms with E-state index in [9.17, 15) is 9.59 Å². The van der Waals surface area contributed by atoms with Gasteiger partial charge in [0, 0.05) is 22.8 Å². The Hall–Kier alpha value is -3.19. The van der Waals surface area contributed by atoms with Crippen molar-refractivity contribution >= 4 is 23.7 Å². The van der Waals surface area contributed by atoms with Crippen LogP contribution in [0.25, 0.3) is 0 Å². The van der Waals surface area contributed by atoms with Gasteiger partial charge in [-0.25, -0.2) is 9.59 Å². The first-order valence-corrected chi connectivity index (χ1v) is 14.2. The number of unbranched alkanes of at least 4 members (excludes halogenated alkanes) is 6. The van der Waals surface area contributed by atoms with Crippen LogP contribution < -0.4 is 9.47 Å². The highest BCUT2D eigenvalue weighted by atomic mass is 32.2. The third-order valence-electron chi connectivity index (χ3n) is 5.59. The lowest BCUT2D eigenvalue weighted by Gasteiger charge is -2.09. The molecule has 0 bridgehead atoms. The first kappa shape index (κ1) is 31.0. The van der Waals surface area contributed by atoms with E-state index < -0.39 is 0 Å². The van der Waals surface area contributed by atoms with E-state index in [0.717, 1.165) is 68.6 Å². The van der Waals surface area contributed by atoms with Gasteiger partial charge in [-0.15, -0.1) is 11.8 Å². The Morgan fingerprint density at radius 1 is 0.605 bits per heavy atom. The van der Waals surface area contributed by atoms with Crippen molar-refractivity contribution < 1.29 is 28.5 Å². The topological polar surface area (TPSA) is 71.1 Å². The molecule has 0 atom stereocenters. The zero-order valence-electron chi connectivity index (χ0n) is 22.2. The third-order valence-corrected chi connectivity index (χ3v) is 6.67. The summed E-state index contributed by atoms with van der Waals surface area (Å²) in [4.78, 5) is 23.1. The fourth-order valence-electron chi connectivity index (χ4n) is 3.44. The lowest BCUT2D eigenvalue weighted by molar-refractivity contribution is -0.138. The summed E-state index contributed by atoms with van der Waals surface area (Å²) in [6, 6.07) is 16.5. The van der Waals surface area contributed by atoms with Gasteiger partial charge in [0.05, 0.1) is 26.4 Å². The molecule has 0 amide bonds. The van der Waals surface area contributed by atoms with Crippen molar-refractivity contribution in [2.45, 2.75) is 62.0 Å². The monoisotopic (exact) mass is 540 g/mol. The van der Waals surface area contributed by atoms with Gasteiger partial charge in [-0.1, -0.05) is 25.3 Å². The highest BCUT2D eigenvalue weighted by Crippen LogP contribution is 2.26. The quantitative estimate of drug-likeness (QED) is 0.0711. The van der Waals surface area contributed by atoms with E-state index in [-0.39, 0.29) is 11.9 Å². The summed E-state index contributed by atoms with van der Waals surface area (Å²) in [5.41, 5.74) is 1.25. The van der Waals surface area contributed by atoms with Crippen molar-refractivity contribution in [2.75, 3.05) is 26.4 Å². The summed E-state index contributed by atoms with van der Waals surface area (Å²) in [5.74, 6) is 1.93. The summed E-state index contributed by atoms with van der Waals surface area (Å²) in [6.45, 7) is 9.01. The van der Waals surface area contributed by atoms with E-state index in [2.05, 4.69) is 37.4 Å². The highest BCUT2D eigenvalue weighted by Gasteiger charge is 2.01. The van der Waals surface area contributed by atoms with Crippen LogP contribution in [0.15, 0.2) is 78.7 Å². The molecular formula is C31H40O6S. The Morgan fingerprint density at radius 2 is 1.03 bits per heavy atom. The molecule has 0 heterocycles. The number of benzene rings is 2. The molecule has 7 heteroatoms. The minimum absolute atomic E-state index is 0.361. The van der Waals surface area contributed by atoms with Gasteiger partial charge >= 0.3 is 11.9 Å². The van der Waals surface area contributed by atoms with Gasteiger partial charge in [-0.05, 0) is 93.3 Å². The van der Waals surface area contributed by atoms with Crippen LogP contribution in [0, 0.1) is 0 Å². The van der Waals surface area contributed by atoms with Gasteiger partial charge in [0.15, 0.2) is 0 Å². The molecule has 0 N–H and O–H groups in total. The van der Waals surface area contributed by atoms with Gasteiger partial charge in [0.1, 0.15) is 11.5 Å². The van der Waals surface area contributed by atoms with Crippen molar-refractivity contribution in [3.63, 3.8) is 0 Å². The molecule has 0 unspecified atom stereocenters. The van der Waals surface area contributed by atoms with Crippen molar-refractivity contribution in [1.82, 2.24) is 0 Å². The van der Waals surface area contributed by atoms with Crippen LogP contribution in [0.3, 0.4) is 0 Å². The number of ether oxygens (including phenoxy) is 4. The molecule has 6 nitrogen and oxygen atoms in total. The summed E-state index contributed by atoms with van der Waals surface area (Å²) in [6.07, 6.45) is 10.1. The van der Waals surface area contributed by atoms with Gasteiger partial charge in [-0.3, -0.25) is 0 Å². The number of carbonyl (C=O) groups excluding carboxylic acids is 2. The molecule has 2 rings (SSSR count). The van der Waals surface area contributed by atoms with Crippen LogP contribution in [-0.4, -0.2) is 38.4 Å². The van der Waals surface area contributed by atoms with Gasteiger partial charge in [0.25, 0.3) is 0 Å². The summed E-state index contributed by atoms with van der Waals surface area (Å²) >= 11 is 1.79. The zero-order chi connectivity index (χ0) is 27.3. The van der Waals surface area contributed by atoms with Crippen LogP contribution in [0.4, 0.5) is 0 Å². The second kappa shape index (κ2) is 19.9. The molecule has 0 saturated carbocycles. The first-order chi connectivity index (χ1) is 18.6. The van der Waals surface area contributed by atoms with Crippen LogP contribution in [0.5, 0.6) is 11.5 Å². The standard InChI is InChI=1S/C31H40O6S/c1-3-30(32)36-23-11-7-5-9-21-34-27-15-13-26(14-16-27)25-38-29-19-17-28(18-20-29)35-22-10-6-8-12-24-37-31(33)4-2/h3-4,13-20H,1-2,5-12,21-25H2. The lowest BCUT2D eigenvalue weighted by atomic mass is 10.2. The molecule has 0 aliphatic carbocycles. The fourth-order valence-corrected chi connectivity index (χ4v) is 4.29. The third kappa shape index (κ3) is 14.5. The van der Waals surface area contributed by atoms with E-state index in [4.69, 9.17) is 18.9 Å². The summed E-state index contributed by atoms with van der Waals surface area (Å²) < 4.78 is 21.6. The van der Waals surface area contributed by atoms with Crippen LogP contribution in [-0.2, 0) is 24.8 Å². The van der Waals surface area contributed by atoms with Gasteiger partial charge < -0.3 is 18.9 Å². The van der Waals surface area contributed by atoms with Gasteiger partial charge in [0.2, 0.25) is 0 Å². The SMILES string of the molecule is C=CC(=O)OCCCCCCOc1ccc(CSc2ccc(OCCCCCCOC(=O)C=C)cc2)cc1. The van der Waals surface area contributed by atoms with Crippen molar-refractivity contribution in [2.24, 2.45) is 0 Å². The van der Waals surface area contributed by atoms with E-state index in [1.54, 1.807) is 11.8 Å². The molecule has 2 aromatic carbocycles. The molecular weight excluding hydrogens is 500 g/mol. The Kier molecular flexibility index (Phi) is 16.2. The Morgan fingerprint density at radius 3 is 1.47 bits per heavy atom. The number of esters is 2. The number of thioether (sulfide) groups is 1. The Labute approximate surface area is 231 Å². The van der Waals surface area contributed by atoms with Crippen LogP contribution in [0.1, 0.15) is 56.9 Å². The predicted octanol–water partition coefficient (Wildman–Crippen LogP) is 7.32. The average Bonchev–Trinajstić information content (AvgIpc) is 2.95. The number of carbonyl (C=O) groups is 2. The summed E-state index contributed by atoms with van der Waals surface area (Å²) in [7, 11) is 0. The van der Waals surface area contributed by atoms with E-state index in [1.807, 2.05) is 24.3 Å². The molecule has 0 aromatic heterocycles. The second-order valence-electron chi connectivity index (χ2n) is 8.67. The molecule has 0 fully saturated rings. The zero-order valence-corrected chi connectivity index (χ0v) is 23.1. The highest BCUT2D eigenvalue weighted by molar-refractivity contribution is 7.98. The number of hydrogen-bond acceptors (Lipinski definition) is 7. The van der Waals surface area contributed by atoms with E-state index in [1.165, 1.54) is 22.6 Å². The van der Waals surface area contributed by atoms with Crippen molar-refractivity contribution in [3.8, 4) is 11.5 Å². The summed E-state index contributed by atoms with van der Waals surface area (Å²) in [5, 5.41) is 0. The minimum Gasteiger partial charge on any atom is -0.494 e. The molecule has 0 radical (unpaired) electrons. The Balaban J connectivity index is 1.52. The van der Waals surface area contributed by atoms with Crippen LogP contribution >= 0.6 is 11.8 Å². The smallest absolute Gasteiger partial charge is 0.330 e. The Bertz CT molecular complexity index is 876. The van der Waals surface area contributed by atoms with E-state index >= 15 is 0 Å². The van der Waals surface area contributed by atoms with Gasteiger partial charge in [-0.2, -0.15) is 0 Å². The first-order valence-electron chi connectivity index (χ1n) is 13.3. The molecule has 206 valence electrons. The maximum atomic E-state index is 11.0. The van der Waals surface area contributed by atoms with Crippen molar-refractivity contribution in [1.29, 1.82) is 0 Å². The lowest BCUT2D eigenvalue weighted by Crippen LogP contribution is -2.02. The van der Waals surface area contributed by atoms with E-state index in [0.29, 0.717) is 26.4 Å². The van der Waals surface area contributed by atoms with Crippen molar-refractivity contribution in [3.05, 3.63) is 79.4 Å². The molecule has 38 heavy (non-hydrogen) atoms. The fraction of sp³-hybridized carbons (Fsp3) is 0.419. The normalized spacial score (nSPS) is 10.4. The largest absolute Gasteiger partial charge is 0.494 e. The number of rotatable bonds is 21. The predicted molar refractivity (Wildman–Crippen MR) is 153 cm³/mol. The average molecular weight is 541 g/mol. The minimum atomic E-state index is -0.361. The molecule has 2 aromatic rings. The molecule has 0 aliphatic heterocycles. The van der Waals surface area contributed by atoms with Crippen LogP contribution in [0.2, 0.25) is 0 Å². The second-order valence-corrected chi connectivity index (χ2v) is 9.72. The maximum absolute atomic E-state index is 11.0. The molecule has 0 aliphatic rings. The maximum Gasteiger partial charge on any atom is 0.330 e. The molecule has 0 spiro atoms. The molecule has 0 saturated heterocycles.